The van der Waals surface area contributed by atoms with Crippen molar-refractivity contribution in [2.45, 2.75) is 26.7 Å². The molecule has 134 valence electrons. The molecule has 0 aliphatic heterocycles. The molecule has 1 amide bonds. The first kappa shape index (κ1) is 16.7. The number of anilines is 1. The highest BCUT2D eigenvalue weighted by Crippen LogP contribution is 2.19. The predicted molar refractivity (Wildman–Crippen MR) is 100 cm³/mol. The molecule has 0 saturated carbocycles. The first-order chi connectivity index (χ1) is 13.1. The first-order valence-corrected chi connectivity index (χ1v) is 8.55. The molecule has 4 rings (SSSR count). The zero-order valence-electron chi connectivity index (χ0n) is 14.9. The van der Waals surface area contributed by atoms with Crippen molar-refractivity contribution in [3.05, 3.63) is 53.0 Å². The van der Waals surface area contributed by atoms with E-state index in [9.17, 15) is 4.79 Å². The van der Waals surface area contributed by atoms with Gasteiger partial charge in [-0.1, -0.05) is 12.1 Å². The Bertz CT molecular complexity index is 1180. The van der Waals surface area contributed by atoms with Crippen LogP contribution in [0.5, 0.6) is 0 Å². The van der Waals surface area contributed by atoms with Crippen molar-refractivity contribution >= 4 is 28.5 Å². The van der Waals surface area contributed by atoms with Crippen LogP contribution in [0, 0.1) is 25.2 Å². The Morgan fingerprint density at radius 3 is 2.89 bits per heavy atom. The molecule has 3 aromatic heterocycles. The van der Waals surface area contributed by atoms with E-state index >= 15 is 0 Å². The van der Waals surface area contributed by atoms with E-state index in [1.165, 1.54) is 6.20 Å². The second-order valence-corrected chi connectivity index (χ2v) is 6.32. The first-order valence-electron chi connectivity index (χ1n) is 8.55. The van der Waals surface area contributed by atoms with Gasteiger partial charge in [0.15, 0.2) is 5.65 Å². The number of carbonyl (C=O) groups is 1. The number of imidazole rings is 1. The molecule has 0 fully saturated rings. The summed E-state index contributed by atoms with van der Waals surface area (Å²) in [7, 11) is 0. The molecule has 0 radical (unpaired) electrons. The van der Waals surface area contributed by atoms with Crippen molar-refractivity contribution in [1.29, 1.82) is 5.26 Å². The fourth-order valence-corrected chi connectivity index (χ4v) is 3.20. The van der Waals surface area contributed by atoms with Gasteiger partial charge >= 0.3 is 0 Å². The number of nitrogens with one attached hydrogen (secondary N) is 2. The summed E-state index contributed by atoms with van der Waals surface area (Å²) in [5, 5.41) is 16.2. The van der Waals surface area contributed by atoms with E-state index in [-0.39, 0.29) is 12.3 Å². The quantitative estimate of drug-likeness (QED) is 0.582. The van der Waals surface area contributed by atoms with Gasteiger partial charge in [0, 0.05) is 17.8 Å². The van der Waals surface area contributed by atoms with Gasteiger partial charge in [-0.3, -0.25) is 10.1 Å². The summed E-state index contributed by atoms with van der Waals surface area (Å²) >= 11 is 0. The van der Waals surface area contributed by atoms with Gasteiger partial charge in [-0.25, -0.2) is 14.5 Å². The Morgan fingerprint density at radius 2 is 2.11 bits per heavy atom. The fourth-order valence-electron chi connectivity index (χ4n) is 3.20. The molecular formula is C19H17N7O. The van der Waals surface area contributed by atoms with Gasteiger partial charge in [0.1, 0.15) is 11.6 Å². The number of fused-ring (bicyclic) bond motifs is 2. The Labute approximate surface area is 154 Å². The number of aryl methyl sites for hydroxylation is 2. The number of hydrogen-bond donors (Lipinski definition) is 2. The monoisotopic (exact) mass is 359 g/mol. The van der Waals surface area contributed by atoms with Crippen LogP contribution in [0.25, 0.3) is 16.7 Å². The van der Waals surface area contributed by atoms with Crippen LogP contribution in [0.2, 0.25) is 0 Å². The summed E-state index contributed by atoms with van der Waals surface area (Å²) in [4.78, 5) is 24.3. The van der Waals surface area contributed by atoms with Gasteiger partial charge in [0.25, 0.3) is 0 Å². The highest BCUT2D eigenvalue weighted by molar-refractivity contribution is 5.91. The molecule has 0 saturated heterocycles. The molecule has 27 heavy (non-hydrogen) atoms. The maximum absolute atomic E-state index is 12.3. The van der Waals surface area contributed by atoms with Gasteiger partial charge < -0.3 is 4.98 Å². The van der Waals surface area contributed by atoms with E-state index in [0.717, 1.165) is 28.0 Å². The lowest BCUT2D eigenvalue weighted by Crippen LogP contribution is -2.15. The molecule has 0 spiro atoms. The molecule has 4 aromatic rings. The van der Waals surface area contributed by atoms with Crippen molar-refractivity contribution in [2.24, 2.45) is 0 Å². The van der Waals surface area contributed by atoms with Gasteiger partial charge in [-0.15, -0.1) is 0 Å². The predicted octanol–water partition coefficient (Wildman–Crippen LogP) is 2.67. The topological polar surface area (TPSA) is 112 Å². The SMILES string of the molecule is Cc1nc2c(C#N)cnn2c(C)c1CCC(=O)Nc1nc2ccccc2[nH]1. The summed E-state index contributed by atoms with van der Waals surface area (Å²) in [6.07, 6.45) is 2.32. The Morgan fingerprint density at radius 1 is 1.30 bits per heavy atom. The number of amides is 1. The molecular weight excluding hydrogens is 342 g/mol. The Kier molecular flexibility index (Phi) is 4.05. The molecule has 0 bridgehead atoms. The van der Waals surface area contributed by atoms with Crippen LogP contribution in [0.1, 0.15) is 28.9 Å². The highest BCUT2D eigenvalue weighted by Gasteiger charge is 2.15. The number of aromatic amines is 1. The lowest BCUT2D eigenvalue weighted by atomic mass is 10.1. The maximum Gasteiger partial charge on any atom is 0.227 e. The van der Waals surface area contributed by atoms with Crippen LogP contribution in [0.4, 0.5) is 5.95 Å². The number of nitriles is 1. The van der Waals surface area contributed by atoms with Gasteiger partial charge in [0.2, 0.25) is 11.9 Å². The smallest absolute Gasteiger partial charge is 0.227 e. The number of rotatable bonds is 4. The van der Waals surface area contributed by atoms with E-state index in [4.69, 9.17) is 5.26 Å². The maximum atomic E-state index is 12.3. The summed E-state index contributed by atoms with van der Waals surface area (Å²) in [6.45, 7) is 3.80. The minimum absolute atomic E-state index is 0.133. The Balaban J connectivity index is 1.51. The highest BCUT2D eigenvalue weighted by atomic mass is 16.1. The zero-order chi connectivity index (χ0) is 19.0. The lowest BCUT2D eigenvalue weighted by Gasteiger charge is -2.11. The van der Waals surface area contributed by atoms with Crippen molar-refractivity contribution in [3.63, 3.8) is 0 Å². The number of H-pyrrole nitrogens is 1. The van der Waals surface area contributed by atoms with Gasteiger partial charge in [-0.2, -0.15) is 10.4 Å². The second-order valence-electron chi connectivity index (χ2n) is 6.32. The van der Waals surface area contributed by atoms with Crippen LogP contribution in [-0.2, 0) is 11.2 Å². The standard InChI is InChI=1S/C19H17N7O/c1-11-14(12(2)26-18(22-11)13(9-20)10-21-26)7-8-17(27)25-19-23-15-5-3-4-6-16(15)24-19/h3-6,10H,7-8H2,1-2H3,(H2,23,24,25,27). The van der Waals surface area contributed by atoms with Crippen molar-refractivity contribution in [3.8, 4) is 6.07 Å². The van der Waals surface area contributed by atoms with E-state index in [2.05, 4.69) is 31.4 Å². The largest absolute Gasteiger partial charge is 0.324 e. The number of para-hydroxylation sites is 2. The minimum atomic E-state index is -0.133. The molecule has 1 aromatic carbocycles. The summed E-state index contributed by atoms with van der Waals surface area (Å²) in [5.41, 5.74) is 5.31. The third kappa shape index (κ3) is 3.00. The van der Waals surface area contributed by atoms with Crippen LogP contribution in [0.3, 0.4) is 0 Å². The fraction of sp³-hybridized carbons (Fsp3) is 0.211. The number of hydrogen-bond acceptors (Lipinski definition) is 5. The summed E-state index contributed by atoms with van der Waals surface area (Å²) in [5.74, 6) is 0.306. The lowest BCUT2D eigenvalue weighted by molar-refractivity contribution is -0.116. The summed E-state index contributed by atoms with van der Waals surface area (Å²) in [6, 6.07) is 9.69. The van der Waals surface area contributed by atoms with Crippen LogP contribution < -0.4 is 5.32 Å². The van der Waals surface area contributed by atoms with E-state index < -0.39 is 0 Å². The average Bonchev–Trinajstić information content (AvgIpc) is 3.24. The molecule has 0 aliphatic rings. The third-order valence-electron chi connectivity index (χ3n) is 4.58. The normalized spacial score (nSPS) is 11.0. The van der Waals surface area contributed by atoms with Crippen molar-refractivity contribution in [2.75, 3.05) is 5.32 Å². The third-order valence-corrected chi connectivity index (χ3v) is 4.58. The summed E-state index contributed by atoms with van der Waals surface area (Å²) < 4.78 is 1.65. The van der Waals surface area contributed by atoms with Crippen molar-refractivity contribution < 1.29 is 4.79 Å². The molecule has 2 N–H and O–H groups in total. The van der Waals surface area contributed by atoms with Crippen molar-refractivity contribution in [1.82, 2.24) is 24.6 Å². The van der Waals surface area contributed by atoms with Gasteiger partial charge in [-0.05, 0) is 38.0 Å². The molecule has 8 heteroatoms. The number of carbonyl (C=O) groups excluding carboxylic acids is 1. The van der Waals surface area contributed by atoms with Gasteiger partial charge in [0.05, 0.1) is 17.2 Å². The van der Waals surface area contributed by atoms with E-state index in [1.807, 2.05) is 38.1 Å². The average molecular weight is 359 g/mol. The number of benzene rings is 1. The molecule has 8 nitrogen and oxygen atoms in total. The van der Waals surface area contributed by atoms with E-state index in [1.54, 1.807) is 4.52 Å². The number of nitrogens with zero attached hydrogens (tertiary/aromatic N) is 5. The Hall–Kier alpha value is -3.73. The molecule has 0 aliphatic carbocycles. The molecule has 0 atom stereocenters. The zero-order valence-corrected chi connectivity index (χ0v) is 14.9. The molecule has 0 unspecified atom stereocenters. The van der Waals surface area contributed by atoms with E-state index in [0.29, 0.717) is 23.6 Å². The van der Waals surface area contributed by atoms with Crippen LogP contribution >= 0.6 is 0 Å². The minimum Gasteiger partial charge on any atom is -0.324 e. The number of aromatic nitrogens is 5. The second kappa shape index (κ2) is 6.53. The van der Waals surface area contributed by atoms with Crippen LogP contribution in [-0.4, -0.2) is 30.5 Å². The van der Waals surface area contributed by atoms with Crippen LogP contribution in [0.15, 0.2) is 30.5 Å². The molecule has 3 heterocycles.